The third-order valence-electron chi connectivity index (χ3n) is 3.75. The second kappa shape index (κ2) is 7.30. The normalized spacial score (nSPS) is 17.2. The van der Waals surface area contributed by atoms with Gasteiger partial charge in [-0.3, -0.25) is 4.79 Å². The Labute approximate surface area is 147 Å². The summed E-state index contributed by atoms with van der Waals surface area (Å²) in [5, 5.41) is 3.77. The molecule has 0 bridgehead atoms. The molecule has 0 fully saturated rings. The van der Waals surface area contributed by atoms with Crippen LogP contribution in [0.3, 0.4) is 0 Å². The minimum atomic E-state index is -1.38. The van der Waals surface area contributed by atoms with Gasteiger partial charge >= 0.3 is 5.97 Å². The zero-order valence-electron chi connectivity index (χ0n) is 13.4. The monoisotopic (exact) mass is 360 g/mol. The van der Waals surface area contributed by atoms with Crippen molar-refractivity contribution < 1.29 is 27.9 Å². The van der Waals surface area contributed by atoms with Gasteiger partial charge in [-0.05, 0) is 24.3 Å². The van der Waals surface area contributed by atoms with E-state index in [1.165, 1.54) is 30.3 Å². The molecular weight excluding hydrogens is 346 g/mol. The minimum Gasteiger partial charge on any atom is -0.444 e. The molecule has 0 saturated carbocycles. The molecule has 1 heterocycles. The lowest BCUT2D eigenvalue weighted by atomic mass is 10.0. The minimum absolute atomic E-state index is 0.0528. The first-order chi connectivity index (χ1) is 12.4. The zero-order valence-corrected chi connectivity index (χ0v) is 13.4. The molecule has 2 N–H and O–H groups in total. The lowest BCUT2D eigenvalue weighted by Crippen LogP contribution is -2.31. The maximum atomic E-state index is 13.3. The average Bonchev–Trinajstić information content (AvgIpc) is 3.10. The van der Waals surface area contributed by atoms with Gasteiger partial charge in [0.25, 0.3) is 5.91 Å². The average molecular weight is 360 g/mol. The third-order valence-corrected chi connectivity index (χ3v) is 3.75. The second-order valence-corrected chi connectivity index (χ2v) is 5.62. The van der Waals surface area contributed by atoms with Crippen molar-refractivity contribution in [3.05, 3.63) is 71.3 Å². The first-order valence-electron chi connectivity index (χ1n) is 7.68. The molecule has 0 saturated heterocycles. The van der Waals surface area contributed by atoms with E-state index in [-0.39, 0.29) is 12.0 Å². The fourth-order valence-corrected chi connectivity index (χ4v) is 2.46. The van der Waals surface area contributed by atoms with Crippen LogP contribution < -0.4 is 5.73 Å². The van der Waals surface area contributed by atoms with Gasteiger partial charge in [0, 0.05) is 17.5 Å². The highest BCUT2D eigenvalue weighted by Gasteiger charge is 2.34. The molecule has 2 aromatic rings. The number of halogens is 2. The molecule has 2 unspecified atom stereocenters. The molecule has 3 rings (SSSR count). The number of nitrogens with two attached hydrogens (primary N) is 1. The van der Waals surface area contributed by atoms with E-state index < -0.39 is 35.7 Å². The molecule has 6 nitrogen and oxygen atoms in total. The summed E-state index contributed by atoms with van der Waals surface area (Å²) in [6, 6.07) is 10.5. The highest BCUT2D eigenvalue weighted by Crippen LogP contribution is 2.23. The predicted molar refractivity (Wildman–Crippen MR) is 86.9 cm³/mol. The number of oxime groups is 1. The number of nitrogens with zero attached hydrogens (tertiary/aromatic N) is 1. The molecular formula is C18H14F2N2O4. The summed E-state index contributed by atoms with van der Waals surface area (Å²) in [7, 11) is 0. The van der Waals surface area contributed by atoms with E-state index in [4.69, 9.17) is 15.3 Å². The summed E-state index contributed by atoms with van der Waals surface area (Å²) < 4.78 is 31.4. The van der Waals surface area contributed by atoms with Crippen LogP contribution in [0.5, 0.6) is 0 Å². The Balaban J connectivity index is 1.68. The number of carbonyl (C=O) groups excluding carboxylic acids is 2. The van der Waals surface area contributed by atoms with Gasteiger partial charge in [-0.2, -0.15) is 0 Å². The number of rotatable bonds is 5. The number of primary amides is 1. The lowest BCUT2D eigenvalue weighted by molar-refractivity contribution is -0.165. The number of ether oxygens (including phenoxy) is 1. The topological polar surface area (TPSA) is 91.0 Å². The van der Waals surface area contributed by atoms with Gasteiger partial charge in [0.05, 0.1) is 5.71 Å². The summed E-state index contributed by atoms with van der Waals surface area (Å²) >= 11 is 0. The Morgan fingerprint density at radius 3 is 2.54 bits per heavy atom. The summed E-state index contributed by atoms with van der Waals surface area (Å²) in [6.45, 7) is 0. The molecule has 1 aliphatic heterocycles. The van der Waals surface area contributed by atoms with E-state index in [9.17, 15) is 18.4 Å². The standard InChI is InChI=1S/C18H14F2N2O4/c19-12-6-4-10(5-7-12)16(17(21)23)25-18(24)15-9-14(22-26-15)11-2-1-3-13(20)8-11/h1-8,15-16H,9H2,(H2,21,23). The maximum absolute atomic E-state index is 13.3. The number of carbonyl (C=O) groups is 2. The Bertz CT molecular complexity index is 868. The quantitative estimate of drug-likeness (QED) is 0.828. The van der Waals surface area contributed by atoms with Crippen LogP contribution in [-0.4, -0.2) is 23.7 Å². The summed E-state index contributed by atoms with van der Waals surface area (Å²) in [5.41, 5.74) is 6.36. The van der Waals surface area contributed by atoms with Crippen molar-refractivity contribution in [1.82, 2.24) is 0 Å². The van der Waals surface area contributed by atoms with Gasteiger partial charge in [-0.1, -0.05) is 29.4 Å². The molecule has 2 aromatic carbocycles. The van der Waals surface area contributed by atoms with Crippen LogP contribution in [0.2, 0.25) is 0 Å². The molecule has 8 heteroatoms. The van der Waals surface area contributed by atoms with Crippen LogP contribution in [-0.2, 0) is 19.2 Å². The number of amides is 1. The SMILES string of the molecule is NC(=O)C(OC(=O)C1CC(c2cccc(F)c2)=NO1)c1ccc(F)cc1. The van der Waals surface area contributed by atoms with Gasteiger partial charge in [0.2, 0.25) is 12.2 Å². The van der Waals surface area contributed by atoms with Crippen molar-refractivity contribution in [2.75, 3.05) is 0 Å². The van der Waals surface area contributed by atoms with Crippen LogP contribution in [0.25, 0.3) is 0 Å². The van der Waals surface area contributed by atoms with Crippen LogP contribution in [0, 0.1) is 11.6 Å². The predicted octanol–water partition coefficient (Wildman–Crippen LogP) is 2.23. The number of hydrogen-bond donors (Lipinski definition) is 1. The Hall–Kier alpha value is -3.29. The van der Waals surface area contributed by atoms with Crippen molar-refractivity contribution in [3.8, 4) is 0 Å². The van der Waals surface area contributed by atoms with E-state index >= 15 is 0 Å². The van der Waals surface area contributed by atoms with Crippen molar-refractivity contribution in [3.63, 3.8) is 0 Å². The lowest BCUT2D eigenvalue weighted by Gasteiger charge is -2.16. The molecule has 1 amide bonds. The highest BCUT2D eigenvalue weighted by atomic mass is 19.1. The van der Waals surface area contributed by atoms with Gasteiger partial charge in [-0.15, -0.1) is 0 Å². The molecule has 0 radical (unpaired) electrons. The van der Waals surface area contributed by atoms with E-state index in [2.05, 4.69) is 5.16 Å². The Morgan fingerprint density at radius 1 is 1.15 bits per heavy atom. The van der Waals surface area contributed by atoms with Crippen LogP contribution in [0.1, 0.15) is 23.7 Å². The van der Waals surface area contributed by atoms with E-state index in [1.807, 2.05) is 0 Å². The first kappa shape index (κ1) is 17.5. The zero-order chi connectivity index (χ0) is 18.7. The van der Waals surface area contributed by atoms with Gasteiger partial charge < -0.3 is 15.3 Å². The smallest absolute Gasteiger partial charge is 0.351 e. The van der Waals surface area contributed by atoms with Crippen molar-refractivity contribution in [1.29, 1.82) is 0 Å². The summed E-state index contributed by atoms with van der Waals surface area (Å²) in [4.78, 5) is 28.9. The van der Waals surface area contributed by atoms with Crippen molar-refractivity contribution in [2.24, 2.45) is 10.9 Å². The van der Waals surface area contributed by atoms with Crippen LogP contribution in [0.4, 0.5) is 8.78 Å². The molecule has 0 spiro atoms. The van der Waals surface area contributed by atoms with Gasteiger partial charge in [-0.25, -0.2) is 13.6 Å². The molecule has 26 heavy (non-hydrogen) atoms. The molecule has 2 atom stereocenters. The highest BCUT2D eigenvalue weighted by molar-refractivity contribution is 6.03. The summed E-state index contributed by atoms with van der Waals surface area (Å²) in [6.07, 6.45) is -2.42. The van der Waals surface area contributed by atoms with E-state index in [0.717, 1.165) is 12.1 Å². The summed E-state index contributed by atoms with van der Waals surface area (Å²) in [5.74, 6) is -2.71. The van der Waals surface area contributed by atoms with Crippen LogP contribution in [0.15, 0.2) is 53.7 Å². The number of esters is 1. The fraction of sp³-hybridized carbons (Fsp3) is 0.167. The largest absolute Gasteiger partial charge is 0.444 e. The Morgan fingerprint density at radius 2 is 1.88 bits per heavy atom. The molecule has 1 aliphatic rings. The molecule has 0 aliphatic carbocycles. The van der Waals surface area contributed by atoms with E-state index in [0.29, 0.717) is 11.3 Å². The van der Waals surface area contributed by atoms with Gasteiger partial charge in [0.15, 0.2) is 0 Å². The maximum Gasteiger partial charge on any atom is 0.351 e. The number of hydrogen-bond acceptors (Lipinski definition) is 5. The Kier molecular flexibility index (Phi) is 4.92. The van der Waals surface area contributed by atoms with Crippen molar-refractivity contribution in [2.45, 2.75) is 18.6 Å². The third kappa shape index (κ3) is 3.85. The van der Waals surface area contributed by atoms with Crippen molar-refractivity contribution >= 4 is 17.6 Å². The van der Waals surface area contributed by atoms with E-state index in [1.54, 1.807) is 6.07 Å². The number of benzene rings is 2. The van der Waals surface area contributed by atoms with Crippen LogP contribution >= 0.6 is 0 Å². The van der Waals surface area contributed by atoms with Gasteiger partial charge in [0.1, 0.15) is 11.6 Å². The molecule has 0 aromatic heterocycles. The first-order valence-corrected chi connectivity index (χ1v) is 7.68. The fourth-order valence-electron chi connectivity index (χ4n) is 2.46. The second-order valence-electron chi connectivity index (χ2n) is 5.62. The molecule has 134 valence electrons.